The van der Waals surface area contributed by atoms with Gasteiger partial charge < -0.3 is 10.6 Å². The minimum Gasteiger partial charge on any atom is -0.383 e. The molecule has 0 saturated heterocycles. The van der Waals surface area contributed by atoms with Gasteiger partial charge in [-0.15, -0.1) is 0 Å². The van der Waals surface area contributed by atoms with Gasteiger partial charge in [0.1, 0.15) is 0 Å². The quantitative estimate of drug-likeness (QED) is 0.820. The standard InChI is InChI=1S/C18H22N2/c1-15(17-9-5-3-6-10-17)19-13-14-20-16(2)18-11-7-4-8-12-18/h3-16,19-20H,1-2H3/b14-13+. The van der Waals surface area contributed by atoms with Crippen molar-refractivity contribution < 1.29 is 0 Å². The Morgan fingerprint density at radius 3 is 1.35 bits per heavy atom. The molecular weight excluding hydrogens is 244 g/mol. The fourth-order valence-electron chi connectivity index (χ4n) is 2.06. The van der Waals surface area contributed by atoms with E-state index < -0.39 is 0 Å². The first-order valence-corrected chi connectivity index (χ1v) is 7.04. The molecular formula is C18H22N2. The van der Waals surface area contributed by atoms with Gasteiger partial charge in [0.25, 0.3) is 0 Å². The maximum atomic E-state index is 3.36. The molecule has 0 aliphatic carbocycles. The molecule has 2 rings (SSSR count). The Kier molecular flexibility index (Phi) is 5.24. The Balaban J connectivity index is 1.80. The van der Waals surface area contributed by atoms with Crippen LogP contribution in [-0.4, -0.2) is 0 Å². The van der Waals surface area contributed by atoms with E-state index in [0.29, 0.717) is 12.1 Å². The van der Waals surface area contributed by atoms with Crippen LogP contribution in [0.25, 0.3) is 0 Å². The number of nitrogens with one attached hydrogen (secondary N) is 2. The van der Waals surface area contributed by atoms with Crippen LogP contribution in [0, 0.1) is 0 Å². The van der Waals surface area contributed by atoms with Crippen LogP contribution in [-0.2, 0) is 0 Å². The molecule has 0 aliphatic rings. The van der Waals surface area contributed by atoms with Crippen molar-refractivity contribution in [1.29, 1.82) is 0 Å². The lowest BCUT2D eigenvalue weighted by Crippen LogP contribution is -2.15. The average Bonchev–Trinajstić information content (AvgIpc) is 2.53. The van der Waals surface area contributed by atoms with E-state index in [0.717, 1.165) is 0 Å². The highest BCUT2D eigenvalue weighted by Gasteiger charge is 2.01. The summed E-state index contributed by atoms with van der Waals surface area (Å²) in [6.07, 6.45) is 3.94. The molecule has 2 aromatic carbocycles. The van der Waals surface area contributed by atoms with Crippen LogP contribution in [0.5, 0.6) is 0 Å². The van der Waals surface area contributed by atoms with Crippen molar-refractivity contribution in [3.63, 3.8) is 0 Å². The fraction of sp³-hybridized carbons (Fsp3) is 0.222. The van der Waals surface area contributed by atoms with Gasteiger partial charge in [-0.1, -0.05) is 60.7 Å². The maximum Gasteiger partial charge on any atom is 0.0480 e. The predicted molar refractivity (Wildman–Crippen MR) is 85.1 cm³/mol. The van der Waals surface area contributed by atoms with Crippen molar-refractivity contribution in [2.75, 3.05) is 0 Å². The summed E-state index contributed by atoms with van der Waals surface area (Å²) in [6.45, 7) is 4.31. The fourth-order valence-corrected chi connectivity index (χ4v) is 2.06. The van der Waals surface area contributed by atoms with Crippen molar-refractivity contribution >= 4 is 0 Å². The third-order valence-corrected chi connectivity index (χ3v) is 3.37. The average molecular weight is 266 g/mol. The number of rotatable bonds is 6. The Hall–Kier alpha value is -2.22. The largest absolute Gasteiger partial charge is 0.383 e. The normalized spacial score (nSPS) is 13.9. The van der Waals surface area contributed by atoms with E-state index in [1.54, 1.807) is 0 Å². The summed E-state index contributed by atoms with van der Waals surface area (Å²) in [7, 11) is 0. The van der Waals surface area contributed by atoms with Crippen LogP contribution in [0.15, 0.2) is 73.1 Å². The van der Waals surface area contributed by atoms with Crippen LogP contribution >= 0.6 is 0 Å². The van der Waals surface area contributed by atoms with Gasteiger partial charge in [0.2, 0.25) is 0 Å². The Morgan fingerprint density at radius 2 is 1.00 bits per heavy atom. The molecule has 104 valence electrons. The topological polar surface area (TPSA) is 24.1 Å². The van der Waals surface area contributed by atoms with Crippen molar-refractivity contribution in [1.82, 2.24) is 10.6 Å². The van der Waals surface area contributed by atoms with E-state index in [9.17, 15) is 0 Å². The third-order valence-electron chi connectivity index (χ3n) is 3.37. The predicted octanol–water partition coefficient (Wildman–Crippen LogP) is 4.16. The molecule has 0 radical (unpaired) electrons. The second kappa shape index (κ2) is 7.39. The van der Waals surface area contributed by atoms with Crippen LogP contribution < -0.4 is 10.6 Å². The zero-order chi connectivity index (χ0) is 14.2. The first kappa shape index (κ1) is 14.2. The molecule has 2 nitrogen and oxygen atoms in total. The third kappa shape index (κ3) is 4.16. The summed E-state index contributed by atoms with van der Waals surface area (Å²) in [5.41, 5.74) is 2.57. The summed E-state index contributed by atoms with van der Waals surface area (Å²) < 4.78 is 0. The van der Waals surface area contributed by atoms with Gasteiger partial charge in [0.05, 0.1) is 0 Å². The monoisotopic (exact) mass is 266 g/mol. The highest BCUT2D eigenvalue weighted by molar-refractivity contribution is 5.19. The van der Waals surface area contributed by atoms with Crippen molar-refractivity contribution in [2.45, 2.75) is 25.9 Å². The highest BCUT2D eigenvalue weighted by Crippen LogP contribution is 2.12. The molecule has 0 amide bonds. The SMILES string of the molecule is CC(N/C=C/NC(C)c1ccccc1)c1ccccc1. The van der Waals surface area contributed by atoms with Crippen LogP contribution in [0.2, 0.25) is 0 Å². The second-order valence-corrected chi connectivity index (χ2v) is 4.93. The van der Waals surface area contributed by atoms with Gasteiger partial charge in [0, 0.05) is 24.5 Å². The second-order valence-electron chi connectivity index (χ2n) is 4.93. The minimum atomic E-state index is 0.307. The molecule has 0 fully saturated rings. The Labute approximate surface area is 121 Å². The minimum absolute atomic E-state index is 0.307. The van der Waals surface area contributed by atoms with Crippen molar-refractivity contribution in [2.24, 2.45) is 0 Å². The Morgan fingerprint density at radius 1 is 0.650 bits per heavy atom. The summed E-state index contributed by atoms with van der Waals surface area (Å²) in [5.74, 6) is 0. The number of hydrogen-bond donors (Lipinski definition) is 2. The van der Waals surface area contributed by atoms with Gasteiger partial charge in [-0.25, -0.2) is 0 Å². The first-order valence-electron chi connectivity index (χ1n) is 7.04. The highest BCUT2D eigenvalue weighted by atomic mass is 14.9. The van der Waals surface area contributed by atoms with Crippen LogP contribution in [0.1, 0.15) is 37.1 Å². The van der Waals surface area contributed by atoms with Crippen LogP contribution in [0.4, 0.5) is 0 Å². The maximum absolute atomic E-state index is 3.36. The molecule has 0 bridgehead atoms. The van der Waals surface area contributed by atoms with Crippen molar-refractivity contribution in [3.8, 4) is 0 Å². The smallest absolute Gasteiger partial charge is 0.0480 e. The molecule has 2 N–H and O–H groups in total. The molecule has 0 aliphatic heterocycles. The van der Waals surface area contributed by atoms with E-state index in [4.69, 9.17) is 0 Å². The van der Waals surface area contributed by atoms with Crippen molar-refractivity contribution in [3.05, 3.63) is 84.2 Å². The molecule has 0 heterocycles. The summed E-state index contributed by atoms with van der Waals surface area (Å²) >= 11 is 0. The van der Waals surface area contributed by atoms with E-state index in [-0.39, 0.29) is 0 Å². The molecule has 0 saturated carbocycles. The van der Waals surface area contributed by atoms with Gasteiger partial charge in [-0.05, 0) is 25.0 Å². The number of benzene rings is 2. The molecule has 2 heteroatoms. The summed E-state index contributed by atoms with van der Waals surface area (Å²) in [5, 5.41) is 6.73. The van der Waals surface area contributed by atoms with Gasteiger partial charge in [-0.3, -0.25) is 0 Å². The zero-order valence-corrected chi connectivity index (χ0v) is 12.1. The molecule has 20 heavy (non-hydrogen) atoms. The van der Waals surface area contributed by atoms with E-state index in [2.05, 4.69) is 73.0 Å². The molecule has 0 aromatic heterocycles. The van der Waals surface area contributed by atoms with E-state index >= 15 is 0 Å². The lowest BCUT2D eigenvalue weighted by atomic mass is 10.1. The van der Waals surface area contributed by atoms with Gasteiger partial charge in [-0.2, -0.15) is 0 Å². The van der Waals surface area contributed by atoms with Gasteiger partial charge >= 0.3 is 0 Å². The summed E-state index contributed by atoms with van der Waals surface area (Å²) in [4.78, 5) is 0. The lowest BCUT2D eigenvalue weighted by molar-refractivity contribution is 0.656. The molecule has 2 aromatic rings. The Bertz CT molecular complexity index is 470. The van der Waals surface area contributed by atoms with E-state index in [1.165, 1.54) is 11.1 Å². The summed E-state index contributed by atoms with van der Waals surface area (Å²) in [6, 6.07) is 21.5. The molecule has 0 spiro atoms. The zero-order valence-electron chi connectivity index (χ0n) is 12.1. The van der Waals surface area contributed by atoms with Crippen LogP contribution in [0.3, 0.4) is 0 Å². The molecule has 2 unspecified atom stereocenters. The van der Waals surface area contributed by atoms with Gasteiger partial charge in [0.15, 0.2) is 0 Å². The molecule has 2 atom stereocenters. The number of hydrogen-bond acceptors (Lipinski definition) is 2. The first-order chi connectivity index (χ1) is 9.77. The van der Waals surface area contributed by atoms with E-state index in [1.807, 2.05) is 24.5 Å². The lowest BCUT2D eigenvalue weighted by Gasteiger charge is -2.14.